The summed E-state index contributed by atoms with van der Waals surface area (Å²) in [6, 6.07) is 14.9. The van der Waals surface area contributed by atoms with Gasteiger partial charge in [0, 0.05) is 31.2 Å². The van der Waals surface area contributed by atoms with Crippen LogP contribution in [0, 0.1) is 5.82 Å². The Kier molecular flexibility index (Phi) is 5.82. The molecule has 1 amide bonds. The number of hydrogen-bond acceptors (Lipinski definition) is 2. The summed E-state index contributed by atoms with van der Waals surface area (Å²) in [5, 5.41) is 3.42. The van der Waals surface area contributed by atoms with Crippen LogP contribution in [0.2, 0.25) is 0 Å². The second-order valence-electron chi connectivity index (χ2n) is 6.77. The second-order valence-corrected chi connectivity index (χ2v) is 6.77. The number of halogens is 1. The number of amides is 1. The molecular formula is C21H25FN2O. The molecular weight excluding hydrogens is 315 g/mol. The summed E-state index contributed by atoms with van der Waals surface area (Å²) < 4.78 is 13.7. The van der Waals surface area contributed by atoms with Crippen LogP contribution in [0.3, 0.4) is 0 Å². The van der Waals surface area contributed by atoms with Crippen LogP contribution in [0.15, 0.2) is 48.5 Å². The lowest BCUT2D eigenvalue weighted by Crippen LogP contribution is -2.28. The number of carbonyl (C=O) groups is 1. The number of rotatable bonds is 6. The van der Waals surface area contributed by atoms with E-state index in [4.69, 9.17) is 0 Å². The highest BCUT2D eigenvalue weighted by atomic mass is 19.1. The highest BCUT2D eigenvalue weighted by Crippen LogP contribution is 2.14. The summed E-state index contributed by atoms with van der Waals surface area (Å²) in [6.07, 6.45) is 2.86. The SMILES string of the molecule is C[C@H](Cc1ccccc1F)NCc1ccc(C(=O)N2CCCC2)cc1. The zero-order valence-electron chi connectivity index (χ0n) is 14.7. The van der Waals surface area contributed by atoms with Crippen LogP contribution < -0.4 is 5.32 Å². The minimum absolute atomic E-state index is 0.130. The van der Waals surface area contributed by atoms with E-state index in [1.54, 1.807) is 6.07 Å². The first kappa shape index (κ1) is 17.6. The minimum atomic E-state index is -0.152. The molecule has 1 fully saturated rings. The summed E-state index contributed by atoms with van der Waals surface area (Å²) in [5.41, 5.74) is 2.61. The van der Waals surface area contributed by atoms with Crippen LogP contribution in [0.5, 0.6) is 0 Å². The van der Waals surface area contributed by atoms with E-state index in [9.17, 15) is 9.18 Å². The number of nitrogens with one attached hydrogen (secondary N) is 1. The summed E-state index contributed by atoms with van der Waals surface area (Å²) in [7, 11) is 0. The van der Waals surface area contributed by atoms with E-state index in [1.807, 2.05) is 41.3 Å². The fraction of sp³-hybridized carbons (Fsp3) is 0.381. The number of nitrogens with zero attached hydrogens (tertiary/aromatic N) is 1. The van der Waals surface area contributed by atoms with Crippen molar-refractivity contribution in [3.05, 3.63) is 71.0 Å². The van der Waals surface area contributed by atoms with Crippen LogP contribution in [0.4, 0.5) is 4.39 Å². The van der Waals surface area contributed by atoms with Gasteiger partial charge in [0.25, 0.3) is 5.91 Å². The Labute approximate surface area is 148 Å². The van der Waals surface area contributed by atoms with Crippen molar-refractivity contribution in [3.8, 4) is 0 Å². The maximum Gasteiger partial charge on any atom is 0.253 e. The van der Waals surface area contributed by atoms with E-state index in [0.29, 0.717) is 13.0 Å². The predicted octanol–water partition coefficient (Wildman–Crippen LogP) is 3.78. The first-order chi connectivity index (χ1) is 12.1. The molecule has 25 heavy (non-hydrogen) atoms. The topological polar surface area (TPSA) is 32.3 Å². The number of benzene rings is 2. The Morgan fingerprint density at radius 1 is 1.12 bits per heavy atom. The van der Waals surface area contributed by atoms with Gasteiger partial charge in [0.2, 0.25) is 0 Å². The van der Waals surface area contributed by atoms with Gasteiger partial charge >= 0.3 is 0 Å². The van der Waals surface area contributed by atoms with E-state index in [2.05, 4.69) is 12.2 Å². The smallest absolute Gasteiger partial charge is 0.253 e. The molecule has 1 atom stereocenters. The molecule has 0 aromatic heterocycles. The molecule has 0 bridgehead atoms. The van der Waals surface area contributed by atoms with E-state index >= 15 is 0 Å². The first-order valence-corrected chi connectivity index (χ1v) is 8.98. The van der Waals surface area contributed by atoms with Gasteiger partial charge in [0.15, 0.2) is 0 Å². The maximum absolute atomic E-state index is 13.7. The molecule has 3 nitrogen and oxygen atoms in total. The van der Waals surface area contributed by atoms with Gasteiger partial charge in [-0.25, -0.2) is 4.39 Å². The zero-order valence-corrected chi connectivity index (χ0v) is 14.7. The van der Waals surface area contributed by atoms with Gasteiger partial charge in [-0.05, 0) is 55.5 Å². The average molecular weight is 340 g/mol. The number of carbonyl (C=O) groups excluding carboxylic acids is 1. The fourth-order valence-electron chi connectivity index (χ4n) is 3.23. The van der Waals surface area contributed by atoms with Crippen LogP contribution in [-0.2, 0) is 13.0 Å². The molecule has 1 aliphatic rings. The molecule has 1 saturated heterocycles. The molecule has 2 aromatic carbocycles. The third kappa shape index (κ3) is 4.67. The quantitative estimate of drug-likeness (QED) is 0.868. The van der Waals surface area contributed by atoms with Crippen molar-refractivity contribution in [1.82, 2.24) is 10.2 Å². The summed E-state index contributed by atoms with van der Waals surface area (Å²) in [6.45, 7) is 4.50. The Balaban J connectivity index is 1.51. The predicted molar refractivity (Wildman–Crippen MR) is 98.0 cm³/mol. The van der Waals surface area contributed by atoms with Crippen molar-refractivity contribution < 1.29 is 9.18 Å². The molecule has 4 heteroatoms. The van der Waals surface area contributed by atoms with Crippen molar-refractivity contribution in [3.63, 3.8) is 0 Å². The van der Waals surface area contributed by atoms with E-state index in [0.717, 1.165) is 42.6 Å². The van der Waals surface area contributed by atoms with Crippen molar-refractivity contribution in [2.24, 2.45) is 0 Å². The fourth-order valence-corrected chi connectivity index (χ4v) is 3.23. The Morgan fingerprint density at radius 3 is 2.48 bits per heavy atom. The van der Waals surface area contributed by atoms with Gasteiger partial charge in [-0.3, -0.25) is 4.79 Å². The number of likely N-dealkylation sites (tertiary alicyclic amines) is 1. The first-order valence-electron chi connectivity index (χ1n) is 8.98. The van der Waals surface area contributed by atoms with Crippen molar-refractivity contribution in [2.45, 2.75) is 38.8 Å². The van der Waals surface area contributed by atoms with Crippen molar-refractivity contribution >= 4 is 5.91 Å². The minimum Gasteiger partial charge on any atom is -0.339 e. The van der Waals surface area contributed by atoms with Crippen LogP contribution in [-0.4, -0.2) is 29.9 Å². The van der Waals surface area contributed by atoms with Crippen molar-refractivity contribution in [1.29, 1.82) is 0 Å². The molecule has 1 heterocycles. The van der Waals surface area contributed by atoms with Gasteiger partial charge in [0.05, 0.1) is 0 Å². The lowest BCUT2D eigenvalue weighted by atomic mass is 10.1. The molecule has 0 unspecified atom stereocenters. The van der Waals surface area contributed by atoms with Crippen molar-refractivity contribution in [2.75, 3.05) is 13.1 Å². The summed E-state index contributed by atoms with van der Waals surface area (Å²) in [4.78, 5) is 14.3. The molecule has 1 N–H and O–H groups in total. The van der Waals surface area contributed by atoms with Gasteiger partial charge in [0.1, 0.15) is 5.82 Å². The Bertz CT molecular complexity index is 708. The summed E-state index contributed by atoms with van der Waals surface area (Å²) >= 11 is 0. The lowest BCUT2D eigenvalue weighted by Gasteiger charge is -2.16. The number of hydrogen-bond donors (Lipinski definition) is 1. The molecule has 2 aromatic rings. The van der Waals surface area contributed by atoms with Gasteiger partial charge in [-0.15, -0.1) is 0 Å². The molecule has 1 aliphatic heterocycles. The molecule has 0 saturated carbocycles. The van der Waals surface area contributed by atoms with Crippen LogP contribution in [0.25, 0.3) is 0 Å². The van der Waals surface area contributed by atoms with Crippen LogP contribution in [0.1, 0.15) is 41.3 Å². The van der Waals surface area contributed by atoms with Gasteiger partial charge in [-0.1, -0.05) is 30.3 Å². The molecule has 0 spiro atoms. The summed E-state index contributed by atoms with van der Waals surface area (Å²) in [5.74, 6) is -0.0224. The lowest BCUT2D eigenvalue weighted by molar-refractivity contribution is 0.0793. The van der Waals surface area contributed by atoms with E-state index in [-0.39, 0.29) is 17.8 Å². The standard InChI is InChI=1S/C21H25FN2O/c1-16(14-19-6-2-3-7-20(19)22)23-15-17-8-10-18(11-9-17)21(25)24-12-4-5-13-24/h2-3,6-11,16,23H,4-5,12-15H2,1H3/t16-/m1/s1. The third-order valence-corrected chi connectivity index (χ3v) is 4.73. The Morgan fingerprint density at radius 2 is 1.80 bits per heavy atom. The zero-order chi connectivity index (χ0) is 17.6. The highest BCUT2D eigenvalue weighted by Gasteiger charge is 2.19. The van der Waals surface area contributed by atoms with Gasteiger partial charge in [-0.2, -0.15) is 0 Å². The normalized spacial score (nSPS) is 15.4. The molecule has 132 valence electrons. The average Bonchev–Trinajstić information content (AvgIpc) is 3.16. The molecule has 3 rings (SSSR count). The van der Waals surface area contributed by atoms with Crippen LogP contribution >= 0.6 is 0 Å². The van der Waals surface area contributed by atoms with Gasteiger partial charge < -0.3 is 10.2 Å². The third-order valence-electron chi connectivity index (χ3n) is 4.73. The maximum atomic E-state index is 13.7. The van der Waals surface area contributed by atoms with E-state index in [1.165, 1.54) is 6.07 Å². The largest absolute Gasteiger partial charge is 0.339 e. The molecule has 0 radical (unpaired) electrons. The second kappa shape index (κ2) is 8.26. The van der Waals surface area contributed by atoms with E-state index < -0.39 is 0 Å². The molecule has 0 aliphatic carbocycles. The monoisotopic (exact) mass is 340 g/mol. The Hall–Kier alpha value is -2.20. The highest BCUT2D eigenvalue weighted by molar-refractivity contribution is 5.94.